The molecule has 5 atom stereocenters. The molecule has 0 amide bonds. The lowest BCUT2D eigenvalue weighted by molar-refractivity contribution is -0.197. The number of hydrogen-bond donors (Lipinski definition) is 0. The molecule has 2 aliphatic heterocycles. The van der Waals surface area contributed by atoms with Gasteiger partial charge in [0.1, 0.15) is 18.3 Å². The van der Waals surface area contributed by atoms with E-state index in [-0.39, 0.29) is 46.4 Å². The summed E-state index contributed by atoms with van der Waals surface area (Å²) in [5.41, 5.74) is 0. The SMILES string of the molecule is CC(=O)O[C@@H]1[C@@H]2C[C@@H]2O[C@@H]2CO[Si](C(C)(C)C)(C(C)(C)C)O[C@H]12. The summed E-state index contributed by atoms with van der Waals surface area (Å²) in [4.78, 5) is 11.6. The third-order valence-corrected chi connectivity index (χ3v) is 10.4. The maximum absolute atomic E-state index is 11.6. The van der Waals surface area contributed by atoms with Gasteiger partial charge in [0, 0.05) is 22.9 Å². The molecular formula is C17H30O5Si. The summed E-state index contributed by atoms with van der Waals surface area (Å²) in [5, 5.41) is -0.172. The van der Waals surface area contributed by atoms with E-state index in [1.807, 2.05) is 0 Å². The van der Waals surface area contributed by atoms with Crippen LogP contribution in [0.15, 0.2) is 0 Å². The third kappa shape index (κ3) is 2.77. The summed E-state index contributed by atoms with van der Waals surface area (Å²) in [6.07, 6.45) is 0.617. The van der Waals surface area contributed by atoms with Gasteiger partial charge >= 0.3 is 14.5 Å². The molecule has 0 aromatic heterocycles. The van der Waals surface area contributed by atoms with Crippen molar-refractivity contribution >= 4 is 14.5 Å². The monoisotopic (exact) mass is 342 g/mol. The van der Waals surface area contributed by atoms with E-state index in [9.17, 15) is 4.79 Å². The molecular weight excluding hydrogens is 312 g/mol. The zero-order valence-electron chi connectivity index (χ0n) is 15.3. The van der Waals surface area contributed by atoms with E-state index in [1.165, 1.54) is 6.92 Å². The highest BCUT2D eigenvalue weighted by Gasteiger charge is 2.67. The molecule has 0 aromatic rings. The average Bonchev–Trinajstić information content (AvgIpc) is 3.13. The van der Waals surface area contributed by atoms with Gasteiger partial charge in [-0.3, -0.25) is 4.79 Å². The Balaban J connectivity index is 1.92. The Morgan fingerprint density at radius 3 is 2.22 bits per heavy atom. The molecule has 1 saturated carbocycles. The molecule has 132 valence electrons. The standard InChI is InChI=1S/C17H30O5Si/c1-10(18)20-14-11-8-12(11)21-13-9-19-23(16(2,3)4,17(5,6)7)22-15(13)14/h11-15H,8-9H2,1-7H3/t11-,12+,13-,14-,15+/m1/s1. The minimum absolute atomic E-state index is 0.0859. The van der Waals surface area contributed by atoms with Crippen molar-refractivity contribution in [1.82, 2.24) is 0 Å². The van der Waals surface area contributed by atoms with Crippen LogP contribution >= 0.6 is 0 Å². The molecule has 3 fully saturated rings. The number of hydrogen-bond acceptors (Lipinski definition) is 5. The van der Waals surface area contributed by atoms with Gasteiger partial charge in [0.15, 0.2) is 0 Å². The summed E-state index contributed by atoms with van der Waals surface area (Å²) < 4.78 is 24.9. The largest absolute Gasteiger partial charge is 0.459 e. The van der Waals surface area contributed by atoms with E-state index in [2.05, 4.69) is 41.5 Å². The normalized spacial score (nSPS) is 39.2. The van der Waals surface area contributed by atoms with Crippen molar-refractivity contribution in [2.24, 2.45) is 5.92 Å². The smallest absolute Gasteiger partial charge is 0.349 e. The lowest BCUT2D eigenvalue weighted by Crippen LogP contribution is -2.68. The van der Waals surface area contributed by atoms with Crippen LogP contribution < -0.4 is 0 Å². The predicted octanol–water partition coefficient (Wildman–Crippen LogP) is 3.16. The first-order valence-electron chi connectivity index (χ1n) is 8.61. The quantitative estimate of drug-likeness (QED) is 0.541. The fourth-order valence-electron chi connectivity index (χ4n) is 4.41. The van der Waals surface area contributed by atoms with Crippen LogP contribution in [0, 0.1) is 5.92 Å². The molecule has 5 nitrogen and oxygen atoms in total. The highest BCUT2D eigenvalue weighted by atomic mass is 28.4. The fraction of sp³-hybridized carbons (Fsp3) is 0.941. The van der Waals surface area contributed by atoms with Crippen molar-refractivity contribution in [3.05, 3.63) is 0 Å². The minimum atomic E-state index is -2.57. The zero-order valence-corrected chi connectivity index (χ0v) is 16.3. The van der Waals surface area contributed by atoms with E-state index >= 15 is 0 Å². The van der Waals surface area contributed by atoms with E-state index < -0.39 is 8.56 Å². The van der Waals surface area contributed by atoms with Crippen LogP contribution in [0.5, 0.6) is 0 Å². The first kappa shape index (κ1) is 17.4. The molecule has 6 heteroatoms. The molecule has 3 aliphatic rings. The first-order chi connectivity index (χ1) is 10.5. The van der Waals surface area contributed by atoms with Crippen molar-refractivity contribution in [2.45, 2.75) is 89.4 Å². The van der Waals surface area contributed by atoms with Crippen LogP contribution in [-0.4, -0.2) is 45.6 Å². The number of esters is 1. The number of fused-ring (bicyclic) bond motifs is 2. The molecule has 3 rings (SSSR count). The second kappa shape index (κ2) is 5.28. The molecule has 0 bridgehead atoms. The topological polar surface area (TPSA) is 54.0 Å². The second-order valence-corrected chi connectivity index (χ2v) is 14.0. The van der Waals surface area contributed by atoms with Gasteiger partial charge < -0.3 is 18.3 Å². The maximum atomic E-state index is 11.6. The third-order valence-electron chi connectivity index (χ3n) is 5.27. The van der Waals surface area contributed by atoms with Crippen molar-refractivity contribution in [2.75, 3.05) is 6.61 Å². The molecule has 0 N–H and O–H groups in total. The summed E-state index contributed by atoms with van der Waals surface area (Å²) in [6.45, 7) is 15.1. The van der Waals surface area contributed by atoms with E-state index in [4.69, 9.17) is 18.3 Å². The molecule has 1 aliphatic carbocycles. The second-order valence-electron chi connectivity index (χ2n) is 9.20. The van der Waals surface area contributed by atoms with Gasteiger partial charge in [0.25, 0.3) is 0 Å². The van der Waals surface area contributed by atoms with Crippen LogP contribution in [0.2, 0.25) is 10.1 Å². The number of rotatable bonds is 1. The van der Waals surface area contributed by atoms with Crippen molar-refractivity contribution < 1.29 is 23.1 Å². The molecule has 0 aromatic carbocycles. The van der Waals surface area contributed by atoms with Crippen LogP contribution in [0.25, 0.3) is 0 Å². The Bertz CT molecular complexity index is 478. The summed E-state index contributed by atoms with van der Waals surface area (Å²) in [7, 11) is -2.57. The summed E-state index contributed by atoms with van der Waals surface area (Å²) >= 11 is 0. The van der Waals surface area contributed by atoms with Gasteiger partial charge in [0.05, 0.1) is 12.7 Å². The van der Waals surface area contributed by atoms with Crippen molar-refractivity contribution in [1.29, 1.82) is 0 Å². The molecule has 0 spiro atoms. The summed E-state index contributed by atoms with van der Waals surface area (Å²) in [5.74, 6) is 0.0417. The molecule has 0 radical (unpaired) electrons. The lowest BCUT2D eigenvalue weighted by atomic mass is 10.0. The molecule has 2 heterocycles. The van der Waals surface area contributed by atoms with Crippen LogP contribution in [0.4, 0.5) is 0 Å². The van der Waals surface area contributed by atoms with E-state index in [0.717, 1.165) is 6.42 Å². The highest BCUT2D eigenvalue weighted by molar-refractivity contribution is 6.73. The van der Waals surface area contributed by atoms with E-state index in [1.54, 1.807) is 0 Å². The van der Waals surface area contributed by atoms with Crippen LogP contribution in [0.1, 0.15) is 54.9 Å². The van der Waals surface area contributed by atoms with Gasteiger partial charge in [-0.25, -0.2) is 0 Å². The number of carbonyl (C=O) groups is 1. The lowest BCUT2D eigenvalue weighted by Gasteiger charge is -2.56. The van der Waals surface area contributed by atoms with Gasteiger partial charge in [-0.1, -0.05) is 41.5 Å². The Morgan fingerprint density at radius 2 is 1.70 bits per heavy atom. The first-order valence-corrected chi connectivity index (χ1v) is 10.4. The Labute approximate surface area is 140 Å². The summed E-state index contributed by atoms with van der Waals surface area (Å²) in [6, 6.07) is 0. The zero-order chi connectivity index (χ0) is 17.2. The van der Waals surface area contributed by atoms with Gasteiger partial charge in [-0.15, -0.1) is 0 Å². The van der Waals surface area contributed by atoms with E-state index in [0.29, 0.717) is 6.61 Å². The van der Waals surface area contributed by atoms with Crippen molar-refractivity contribution in [3.8, 4) is 0 Å². The Morgan fingerprint density at radius 1 is 1.09 bits per heavy atom. The Hall–Kier alpha value is -0.433. The highest BCUT2D eigenvalue weighted by Crippen LogP contribution is 2.57. The molecule has 2 saturated heterocycles. The Kier molecular flexibility index (Phi) is 3.99. The van der Waals surface area contributed by atoms with Gasteiger partial charge in [-0.2, -0.15) is 0 Å². The number of carbonyl (C=O) groups excluding carboxylic acids is 1. The minimum Gasteiger partial charge on any atom is -0.459 e. The fourth-order valence-corrected chi connectivity index (χ4v) is 9.37. The predicted molar refractivity (Wildman–Crippen MR) is 88.3 cm³/mol. The van der Waals surface area contributed by atoms with Gasteiger partial charge in [0.2, 0.25) is 0 Å². The van der Waals surface area contributed by atoms with Gasteiger partial charge in [-0.05, 0) is 6.42 Å². The number of ether oxygens (including phenoxy) is 2. The molecule has 0 unspecified atom stereocenters. The average molecular weight is 343 g/mol. The maximum Gasteiger partial charge on any atom is 0.349 e. The van der Waals surface area contributed by atoms with Crippen LogP contribution in [-0.2, 0) is 23.1 Å². The molecule has 23 heavy (non-hydrogen) atoms. The van der Waals surface area contributed by atoms with Crippen molar-refractivity contribution in [3.63, 3.8) is 0 Å². The van der Waals surface area contributed by atoms with Crippen LogP contribution in [0.3, 0.4) is 0 Å².